The Morgan fingerprint density at radius 1 is 1.35 bits per heavy atom. The number of urea groups is 1. The second-order valence-electron chi connectivity index (χ2n) is 3.90. The van der Waals surface area contributed by atoms with E-state index >= 15 is 0 Å². The summed E-state index contributed by atoms with van der Waals surface area (Å²) in [6.45, 7) is 6.83. The van der Waals surface area contributed by atoms with Crippen molar-refractivity contribution >= 4 is 11.9 Å². The normalized spacial score (nSPS) is 33.8. The minimum Gasteiger partial charge on any atom is -0.470 e. The number of amides is 3. The number of carbonyl (C=O) groups is 2. The first-order chi connectivity index (χ1) is 7.91. The van der Waals surface area contributed by atoms with Crippen LogP contribution in [-0.2, 0) is 9.53 Å². The predicted molar refractivity (Wildman–Crippen MR) is 55.4 cm³/mol. The van der Waals surface area contributed by atoms with E-state index in [4.69, 9.17) is 4.74 Å². The fraction of sp³-hybridized carbons (Fsp3) is 0.400. The fourth-order valence-electron chi connectivity index (χ4n) is 1.70. The maximum atomic E-state index is 11.5. The summed E-state index contributed by atoms with van der Waals surface area (Å²) >= 11 is 0. The Morgan fingerprint density at radius 3 is 2.53 bits per heavy atom. The van der Waals surface area contributed by atoms with Gasteiger partial charge in [-0.05, 0) is 0 Å². The van der Waals surface area contributed by atoms with Gasteiger partial charge >= 0.3 is 6.03 Å². The van der Waals surface area contributed by atoms with Gasteiger partial charge in [0.1, 0.15) is 18.0 Å². The lowest BCUT2D eigenvalue weighted by molar-refractivity contribution is -0.119. The van der Waals surface area contributed by atoms with Crippen molar-refractivity contribution in [3.63, 3.8) is 0 Å². The van der Waals surface area contributed by atoms with Gasteiger partial charge in [-0.3, -0.25) is 15.0 Å². The molecule has 17 heavy (non-hydrogen) atoms. The number of aliphatic hydroxyl groups is 2. The Labute approximate surface area is 97.0 Å². The first-order valence-corrected chi connectivity index (χ1v) is 4.93. The smallest absolute Gasteiger partial charge is 0.327 e. The highest BCUT2D eigenvalue weighted by molar-refractivity contribution is 6.06. The molecule has 0 aromatic carbocycles. The molecule has 92 valence electrons. The van der Waals surface area contributed by atoms with Crippen molar-refractivity contribution in [1.29, 1.82) is 0 Å². The maximum absolute atomic E-state index is 11.5. The second-order valence-corrected chi connectivity index (χ2v) is 3.90. The van der Waals surface area contributed by atoms with Crippen molar-refractivity contribution in [3.05, 3.63) is 24.5 Å². The number of rotatable bonds is 1. The fourth-order valence-corrected chi connectivity index (χ4v) is 1.70. The number of nitrogens with zero attached hydrogens (tertiary/aromatic N) is 1. The molecule has 0 spiro atoms. The molecule has 3 atom stereocenters. The molecule has 0 aromatic rings. The first-order valence-electron chi connectivity index (χ1n) is 4.93. The lowest BCUT2D eigenvalue weighted by Crippen LogP contribution is -2.57. The summed E-state index contributed by atoms with van der Waals surface area (Å²) in [6, 6.07) is -0.701. The van der Waals surface area contributed by atoms with Crippen molar-refractivity contribution < 1.29 is 24.5 Å². The van der Waals surface area contributed by atoms with Gasteiger partial charge in [0, 0.05) is 5.57 Å². The van der Waals surface area contributed by atoms with Crippen molar-refractivity contribution in [1.82, 2.24) is 10.2 Å². The van der Waals surface area contributed by atoms with Crippen LogP contribution in [-0.4, -0.2) is 52.0 Å². The third-order valence-electron chi connectivity index (χ3n) is 2.69. The Balaban J connectivity index is 2.18. The molecule has 2 heterocycles. The van der Waals surface area contributed by atoms with Gasteiger partial charge in [0.25, 0.3) is 5.91 Å². The monoisotopic (exact) mass is 240 g/mol. The molecule has 0 unspecified atom stereocenters. The molecule has 0 saturated carbocycles. The minimum atomic E-state index is -1.30. The maximum Gasteiger partial charge on any atom is 0.327 e. The second kappa shape index (κ2) is 3.86. The molecule has 2 aliphatic heterocycles. The summed E-state index contributed by atoms with van der Waals surface area (Å²) in [5, 5.41) is 21.2. The summed E-state index contributed by atoms with van der Waals surface area (Å²) in [5.41, 5.74) is 0.174. The molecule has 7 nitrogen and oxygen atoms in total. The number of carbonyl (C=O) groups excluding carboxylic acids is 2. The summed E-state index contributed by atoms with van der Waals surface area (Å²) in [7, 11) is 0. The molecular weight excluding hydrogens is 228 g/mol. The third-order valence-corrected chi connectivity index (χ3v) is 2.69. The van der Waals surface area contributed by atoms with E-state index in [1.54, 1.807) is 0 Å². The van der Waals surface area contributed by atoms with E-state index in [1.807, 2.05) is 0 Å². The Hall–Kier alpha value is -1.86. The van der Waals surface area contributed by atoms with E-state index in [2.05, 4.69) is 18.5 Å². The average Bonchev–Trinajstić information content (AvgIpc) is 2.51. The van der Waals surface area contributed by atoms with E-state index in [0.29, 0.717) is 0 Å². The molecule has 0 radical (unpaired) electrons. The summed E-state index contributed by atoms with van der Waals surface area (Å²) in [6.07, 6.45) is -3.62. The molecule has 3 amide bonds. The topological polar surface area (TPSA) is 99.1 Å². The molecule has 0 bridgehead atoms. The number of imide groups is 1. The van der Waals surface area contributed by atoms with E-state index in [1.165, 1.54) is 0 Å². The van der Waals surface area contributed by atoms with Crippen molar-refractivity contribution in [3.8, 4) is 0 Å². The molecule has 2 rings (SSSR count). The van der Waals surface area contributed by atoms with Crippen molar-refractivity contribution in [2.45, 2.75) is 18.4 Å². The summed E-state index contributed by atoms with van der Waals surface area (Å²) in [4.78, 5) is 23.8. The molecule has 0 aromatic heterocycles. The van der Waals surface area contributed by atoms with Gasteiger partial charge in [0.05, 0.1) is 6.54 Å². The van der Waals surface area contributed by atoms with E-state index < -0.39 is 30.4 Å². The van der Waals surface area contributed by atoms with E-state index in [-0.39, 0.29) is 17.9 Å². The van der Waals surface area contributed by atoms with Gasteiger partial charge in [-0.15, -0.1) is 0 Å². The third kappa shape index (κ3) is 1.79. The Kier molecular flexibility index (Phi) is 2.64. The highest BCUT2D eigenvalue weighted by Gasteiger charge is 2.45. The number of hydrogen-bond acceptors (Lipinski definition) is 5. The largest absolute Gasteiger partial charge is 0.470 e. The Bertz CT molecular complexity index is 419. The van der Waals surface area contributed by atoms with Gasteiger partial charge in [0.15, 0.2) is 0 Å². The standard InChI is InChI=1S/C10H12N2O5/c1-4-3-12(10(16)11-8(4)15)9-7(14)6(13)5(2)17-9/h6-7,9,13-14H,1-3H2,(H,11,15,16)/t6-,7-,9-/m1/s1. The van der Waals surface area contributed by atoms with Crippen LogP contribution in [0.5, 0.6) is 0 Å². The zero-order chi connectivity index (χ0) is 12.7. The van der Waals surface area contributed by atoms with Crippen LogP contribution in [0.25, 0.3) is 0 Å². The number of nitrogens with one attached hydrogen (secondary N) is 1. The van der Waals surface area contributed by atoms with Crippen LogP contribution in [0, 0.1) is 0 Å². The molecule has 0 aliphatic carbocycles. The van der Waals surface area contributed by atoms with Crippen molar-refractivity contribution in [2.24, 2.45) is 0 Å². The van der Waals surface area contributed by atoms with E-state index in [0.717, 1.165) is 4.90 Å². The number of ether oxygens (including phenoxy) is 1. The van der Waals surface area contributed by atoms with Gasteiger partial charge in [0.2, 0.25) is 6.23 Å². The van der Waals surface area contributed by atoms with Gasteiger partial charge in [-0.25, -0.2) is 4.79 Å². The van der Waals surface area contributed by atoms with Crippen LogP contribution in [0.3, 0.4) is 0 Å². The highest BCUT2D eigenvalue weighted by atomic mass is 16.6. The SMILES string of the molecule is C=C1CN([C@@H]2OC(=C)[C@@H](O)[C@H]2O)C(=O)NC1=O. The molecular formula is C10H12N2O5. The summed E-state index contributed by atoms with van der Waals surface area (Å²) in [5.74, 6) is -0.573. The average molecular weight is 240 g/mol. The van der Waals surface area contributed by atoms with Crippen LogP contribution in [0.4, 0.5) is 4.79 Å². The minimum absolute atomic E-state index is 0.0159. The first kappa shape index (κ1) is 11.6. The van der Waals surface area contributed by atoms with Crippen LogP contribution >= 0.6 is 0 Å². The molecule has 7 heteroatoms. The highest BCUT2D eigenvalue weighted by Crippen LogP contribution is 2.27. The van der Waals surface area contributed by atoms with Crippen LogP contribution < -0.4 is 5.32 Å². The van der Waals surface area contributed by atoms with E-state index in [9.17, 15) is 19.8 Å². The van der Waals surface area contributed by atoms with Crippen LogP contribution in [0.15, 0.2) is 24.5 Å². The number of aliphatic hydroxyl groups excluding tert-OH is 2. The van der Waals surface area contributed by atoms with Gasteiger partial charge in [-0.1, -0.05) is 13.2 Å². The molecule has 3 N–H and O–H groups in total. The number of hydrogen-bond donors (Lipinski definition) is 3. The van der Waals surface area contributed by atoms with Crippen LogP contribution in [0.2, 0.25) is 0 Å². The zero-order valence-corrected chi connectivity index (χ0v) is 8.92. The summed E-state index contributed by atoms with van der Waals surface area (Å²) < 4.78 is 5.10. The van der Waals surface area contributed by atoms with Gasteiger partial charge in [-0.2, -0.15) is 0 Å². The molecule has 2 aliphatic rings. The predicted octanol–water partition coefficient (Wildman–Crippen LogP) is -1.31. The van der Waals surface area contributed by atoms with Crippen molar-refractivity contribution in [2.75, 3.05) is 6.54 Å². The zero-order valence-electron chi connectivity index (χ0n) is 8.92. The lowest BCUT2D eigenvalue weighted by atomic mass is 10.1. The van der Waals surface area contributed by atoms with Gasteiger partial charge < -0.3 is 14.9 Å². The molecule has 2 fully saturated rings. The Morgan fingerprint density at radius 2 is 2.00 bits per heavy atom. The van der Waals surface area contributed by atoms with Crippen LogP contribution in [0.1, 0.15) is 0 Å². The lowest BCUT2D eigenvalue weighted by Gasteiger charge is -2.33. The quantitative estimate of drug-likeness (QED) is 0.494. The molecule has 2 saturated heterocycles.